The first-order valence-corrected chi connectivity index (χ1v) is 5.26. The molecule has 0 aromatic carbocycles. The predicted octanol–water partition coefficient (Wildman–Crippen LogP) is -4.06. The fourth-order valence-electron chi connectivity index (χ4n) is 0.503. The summed E-state index contributed by atoms with van der Waals surface area (Å²) in [4.78, 5) is 17.6. The van der Waals surface area contributed by atoms with Crippen molar-refractivity contribution in [1.82, 2.24) is 9.97 Å². The van der Waals surface area contributed by atoms with E-state index >= 15 is 0 Å². The second-order valence-corrected chi connectivity index (χ2v) is 3.41. The zero-order chi connectivity index (χ0) is 12.1. The van der Waals surface area contributed by atoms with Gasteiger partial charge in [0.25, 0.3) is 0 Å². The molecule has 0 aliphatic rings. The molecule has 1 aromatic heterocycles. The van der Waals surface area contributed by atoms with Gasteiger partial charge in [-0.1, -0.05) is 0 Å². The topological polar surface area (TPSA) is 137 Å². The summed E-state index contributed by atoms with van der Waals surface area (Å²) >= 11 is -5.62. The van der Waals surface area contributed by atoms with Crippen LogP contribution >= 0.6 is 0 Å². The Bertz CT molecular complexity index is 477. The molecule has 0 spiro atoms. The van der Waals surface area contributed by atoms with Gasteiger partial charge in [0.1, 0.15) is 0 Å². The van der Waals surface area contributed by atoms with E-state index in [9.17, 15) is 4.79 Å². The van der Waals surface area contributed by atoms with Crippen LogP contribution in [-0.4, -0.2) is 21.0 Å². The molecular weight excluding hydrogens is 290 g/mol. The number of aryl methyl sites for hydroxylation is 1. The number of aromatic nitrogens is 2. The van der Waals surface area contributed by atoms with E-state index in [2.05, 4.69) is 9.97 Å². The van der Waals surface area contributed by atoms with Gasteiger partial charge in [-0.2, -0.15) is 0 Å². The van der Waals surface area contributed by atoms with Crippen LogP contribution in [0.5, 0.6) is 0 Å². The van der Waals surface area contributed by atoms with Crippen LogP contribution in [0.3, 0.4) is 0 Å². The first kappa shape index (κ1) is 18.4. The summed E-state index contributed by atoms with van der Waals surface area (Å²) in [5, 5.41) is 8.37. The first-order valence-electron chi connectivity index (χ1n) is 3.34. The third-order valence-corrected chi connectivity index (χ3v) is 1.00. The Morgan fingerprint density at radius 3 is 2.00 bits per heavy atom. The fourth-order valence-corrected chi connectivity index (χ4v) is 0.503. The summed E-state index contributed by atoms with van der Waals surface area (Å²) in [5.41, 5.74) is 0.690. The normalized spacial score (nSPS) is 9.38. The summed E-state index contributed by atoms with van der Waals surface area (Å²) in [7, 11) is 0. The Morgan fingerprint density at radius 1 is 1.31 bits per heavy atom. The van der Waals surface area contributed by atoms with E-state index in [0.29, 0.717) is 5.69 Å². The standard InChI is InChI=1S/C6H6N2O2.K.Mn.4O/c1-4-2-8-5(3-7-4)6(9)10;;;;;;/h2-3H,1H3,(H,9,10);;;;;;/q;+1;;;;;-1. The summed E-state index contributed by atoms with van der Waals surface area (Å²) in [5.74, 6) is -1.05. The van der Waals surface area contributed by atoms with Gasteiger partial charge in [-0.15, -0.1) is 0 Å². The monoisotopic (exact) mass is 296 g/mol. The number of hydrogen-bond donors (Lipinski definition) is 1. The summed E-state index contributed by atoms with van der Waals surface area (Å²) in [6.07, 6.45) is 2.65. The van der Waals surface area contributed by atoms with Crippen molar-refractivity contribution in [3.8, 4) is 0 Å². The molecule has 0 unspecified atom stereocenters. The number of hydrogen-bond acceptors (Lipinski definition) is 7. The fraction of sp³-hybridized carbons (Fsp3) is 0.167. The van der Waals surface area contributed by atoms with E-state index in [4.69, 9.17) is 20.8 Å². The molecule has 84 valence electrons. The first-order chi connectivity index (χ1) is 6.70. The number of carboxylic acids is 1. The molecule has 1 aromatic rings. The molecule has 0 fully saturated rings. The van der Waals surface area contributed by atoms with Crippen molar-refractivity contribution in [2.45, 2.75) is 6.92 Å². The van der Waals surface area contributed by atoms with Gasteiger partial charge in [-0.25, -0.2) is 9.78 Å². The predicted molar refractivity (Wildman–Crippen MR) is 35.8 cm³/mol. The van der Waals surface area contributed by atoms with Crippen molar-refractivity contribution >= 4 is 5.97 Å². The Labute approximate surface area is 135 Å². The Morgan fingerprint density at radius 2 is 1.75 bits per heavy atom. The van der Waals surface area contributed by atoms with Gasteiger partial charge >= 0.3 is 86.0 Å². The maximum absolute atomic E-state index is 10.2. The number of nitrogens with zero attached hydrogens (tertiary/aromatic N) is 2. The maximum atomic E-state index is 10.2. The number of carbonyl (C=O) groups is 1. The number of carboxylic acid groups (broad SMARTS) is 1. The van der Waals surface area contributed by atoms with Crippen LogP contribution in [-0.2, 0) is 24.5 Å². The van der Waals surface area contributed by atoms with Crippen molar-refractivity contribution in [1.29, 1.82) is 0 Å². The van der Waals surface area contributed by atoms with E-state index in [1.54, 1.807) is 6.92 Å². The van der Waals surface area contributed by atoms with Gasteiger partial charge in [0, 0.05) is 6.20 Å². The SMILES string of the molecule is Cc1cnc(C(=O)O)cn1.[K+].[O]=[Mn](=[O])(=[O])[O-]. The summed E-state index contributed by atoms with van der Waals surface area (Å²) in [6.45, 7) is 1.75. The third-order valence-electron chi connectivity index (χ3n) is 1.00. The molecule has 0 aliphatic heterocycles. The zero-order valence-electron chi connectivity index (χ0n) is 8.42. The Kier molecular flexibility index (Phi) is 9.45. The molecular formula is C6H6KMnN2O6. The molecule has 0 atom stereocenters. The van der Waals surface area contributed by atoms with Crippen molar-refractivity contribution in [2.75, 3.05) is 0 Å². The van der Waals surface area contributed by atoms with Crippen LogP contribution in [0.15, 0.2) is 12.4 Å². The van der Waals surface area contributed by atoms with Crippen LogP contribution in [0.25, 0.3) is 0 Å². The van der Waals surface area contributed by atoms with Gasteiger partial charge < -0.3 is 5.11 Å². The second-order valence-electron chi connectivity index (χ2n) is 2.23. The van der Waals surface area contributed by atoms with Crippen molar-refractivity contribution < 1.29 is 89.9 Å². The van der Waals surface area contributed by atoms with Crippen LogP contribution in [0, 0.1) is 6.92 Å². The van der Waals surface area contributed by atoms with Gasteiger partial charge in [-0.3, -0.25) is 4.98 Å². The van der Waals surface area contributed by atoms with E-state index in [1.165, 1.54) is 12.4 Å². The number of aromatic carboxylic acids is 1. The van der Waals surface area contributed by atoms with E-state index < -0.39 is 18.9 Å². The molecule has 1 heterocycles. The van der Waals surface area contributed by atoms with Gasteiger partial charge in [0.05, 0.1) is 11.9 Å². The molecule has 0 radical (unpaired) electrons. The van der Waals surface area contributed by atoms with E-state index in [1.807, 2.05) is 0 Å². The molecule has 16 heavy (non-hydrogen) atoms. The molecule has 0 saturated heterocycles. The minimum atomic E-state index is -5.62. The second kappa shape index (κ2) is 8.20. The zero-order valence-corrected chi connectivity index (χ0v) is 12.7. The van der Waals surface area contributed by atoms with Crippen molar-refractivity contribution in [3.05, 3.63) is 23.8 Å². The van der Waals surface area contributed by atoms with Crippen LogP contribution < -0.4 is 55.6 Å². The molecule has 0 saturated carbocycles. The van der Waals surface area contributed by atoms with Crippen LogP contribution in [0.4, 0.5) is 0 Å². The Balaban J connectivity index is 0. The van der Waals surface area contributed by atoms with E-state index in [-0.39, 0.29) is 57.1 Å². The third kappa shape index (κ3) is 12.1. The molecule has 1 N–H and O–H groups in total. The van der Waals surface area contributed by atoms with Crippen LogP contribution in [0.2, 0.25) is 0 Å². The van der Waals surface area contributed by atoms with Crippen molar-refractivity contribution in [3.63, 3.8) is 0 Å². The van der Waals surface area contributed by atoms with Crippen LogP contribution in [0.1, 0.15) is 16.2 Å². The average molecular weight is 296 g/mol. The summed E-state index contributed by atoms with van der Waals surface area (Å²) < 4.78 is 34.3. The van der Waals surface area contributed by atoms with Gasteiger partial charge in [-0.05, 0) is 6.92 Å². The molecule has 0 bridgehead atoms. The van der Waals surface area contributed by atoms with Gasteiger partial charge in [0.15, 0.2) is 5.69 Å². The molecule has 8 nitrogen and oxygen atoms in total. The van der Waals surface area contributed by atoms with E-state index in [0.717, 1.165) is 0 Å². The van der Waals surface area contributed by atoms with Crippen molar-refractivity contribution in [2.24, 2.45) is 0 Å². The molecule has 1 rings (SSSR count). The van der Waals surface area contributed by atoms with Gasteiger partial charge in [0.2, 0.25) is 0 Å². The molecule has 10 heteroatoms. The number of rotatable bonds is 1. The molecule has 0 aliphatic carbocycles. The Hall–Kier alpha value is 0.0658. The molecule has 0 amide bonds. The minimum absolute atomic E-state index is 0. The summed E-state index contributed by atoms with van der Waals surface area (Å²) in [6, 6.07) is 0. The average Bonchev–Trinajstić information content (AvgIpc) is 2.01. The quantitative estimate of drug-likeness (QED) is 0.517.